The van der Waals surface area contributed by atoms with Crippen molar-refractivity contribution in [2.75, 3.05) is 0 Å². The van der Waals surface area contributed by atoms with Crippen LogP contribution in [0.25, 0.3) is 10.6 Å². The van der Waals surface area contributed by atoms with Gasteiger partial charge in [0.2, 0.25) is 5.16 Å². The van der Waals surface area contributed by atoms with E-state index in [4.69, 9.17) is 0 Å². The third-order valence-corrected chi connectivity index (χ3v) is 5.22. The Kier molecular flexibility index (Phi) is 5.09. The summed E-state index contributed by atoms with van der Waals surface area (Å²) in [7, 11) is 0. The van der Waals surface area contributed by atoms with Crippen LogP contribution in [0.15, 0.2) is 34.8 Å². The Morgan fingerprint density at radius 2 is 1.92 bits per heavy atom. The second-order valence-corrected chi connectivity index (χ2v) is 7.31. The van der Waals surface area contributed by atoms with Gasteiger partial charge in [-0.25, -0.2) is 9.67 Å². The predicted octanol–water partition coefficient (Wildman–Crippen LogP) is 4.69. The maximum atomic E-state index is 12.6. The molecule has 0 unspecified atom stereocenters. The maximum Gasteiger partial charge on any atom is 0.416 e. The lowest BCUT2D eigenvalue weighted by Crippen LogP contribution is -2.04. The van der Waals surface area contributed by atoms with Crippen LogP contribution >= 0.6 is 23.1 Å². The summed E-state index contributed by atoms with van der Waals surface area (Å²) >= 11 is 2.87. The highest BCUT2D eigenvalue weighted by atomic mass is 32.2. The first-order chi connectivity index (χ1) is 11.8. The molecule has 5 nitrogen and oxygen atoms in total. The smallest absolute Gasteiger partial charge is 0.240 e. The molecule has 25 heavy (non-hydrogen) atoms. The van der Waals surface area contributed by atoms with Crippen LogP contribution in [0.2, 0.25) is 0 Å². The monoisotopic (exact) mass is 385 g/mol. The molecule has 0 radical (unpaired) electrons. The summed E-state index contributed by atoms with van der Waals surface area (Å²) < 4.78 is 39.6. The van der Waals surface area contributed by atoms with Crippen molar-refractivity contribution in [1.82, 2.24) is 25.2 Å². The molecule has 2 aromatic heterocycles. The van der Waals surface area contributed by atoms with Crippen molar-refractivity contribution in [2.24, 2.45) is 0 Å². The summed E-state index contributed by atoms with van der Waals surface area (Å²) in [5, 5.41) is 14.9. The molecule has 0 aliphatic rings. The molecule has 3 aromatic rings. The zero-order valence-corrected chi connectivity index (χ0v) is 15.0. The molecule has 1 aromatic carbocycles. The summed E-state index contributed by atoms with van der Waals surface area (Å²) in [5.41, 5.74) is 0.841. The van der Waals surface area contributed by atoms with Crippen LogP contribution in [0, 0.1) is 0 Å². The van der Waals surface area contributed by atoms with Crippen LogP contribution in [-0.4, -0.2) is 25.2 Å². The van der Waals surface area contributed by atoms with E-state index in [2.05, 4.69) is 20.5 Å². The number of thiazole rings is 1. The van der Waals surface area contributed by atoms with Crippen molar-refractivity contribution >= 4 is 23.1 Å². The Morgan fingerprint density at radius 3 is 2.56 bits per heavy atom. The maximum absolute atomic E-state index is 12.6. The van der Waals surface area contributed by atoms with Gasteiger partial charge in [-0.3, -0.25) is 0 Å². The molecule has 132 valence electrons. The molecule has 2 heterocycles. The van der Waals surface area contributed by atoms with Gasteiger partial charge in [0.1, 0.15) is 5.01 Å². The first kappa shape index (κ1) is 17.9. The molecule has 0 saturated heterocycles. The number of tetrazole rings is 1. The van der Waals surface area contributed by atoms with Crippen LogP contribution in [-0.2, 0) is 11.9 Å². The average molecular weight is 385 g/mol. The highest BCUT2D eigenvalue weighted by Gasteiger charge is 2.30. The summed E-state index contributed by atoms with van der Waals surface area (Å²) in [6.07, 6.45) is -4.33. The minimum absolute atomic E-state index is 0.163. The van der Waals surface area contributed by atoms with E-state index < -0.39 is 11.7 Å². The zero-order chi connectivity index (χ0) is 18.0. The molecule has 0 N–H and O–H groups in total. The van der Waals surface area contributed by atoms with Crippen molar-refractivity contribution in [3.63, 3.8) is 0 Å². The Labute approximate surface area is 150 Å². The molecule has 3 rings (SSSR count). The quantitative estimate of drug-likeness (QED) is 0.597. The Morgan fingerprint density at radius 1 is 1.20 bits per heavy atom. The number of nitrogens with zero attached hydrogens (tertiary/aromatic N) is 5. The van der Waals surface area contributed by atoms with Crippen LogP contribution in [0.1, 0.15) is 31.1 Å². The van der Waals surface area contributed by atoms with Gasteiger partial charge in [0, 0.05) is 16.7 Å². The number of thioether (sulfide) groups is 1. The number of alkyl halides is 3. The van der Waals surface area contributed by atoms with E-state index in [1.807, 2.05) is 19.2 Å². The molecular weight excluding hydrogens is 371 g/mol. The second kappa shape index (κ2) is 7.12. The van der Waals surface area contributed by atoms with Gasteiger partial charge in [-0.15, -0.1) is 16.4 Å². The van der Waals surface area contributed by atoms with E-state index in [9.17, 15) is 13.2 Å². The molecule has 0 saturated carbocycles. The van der Waals surface area contributed by atoms with E-state index >= 15 is 0 Å². The van der Waals surface area contributed by atoms with Gasteiger partial charge in [0.25, 0.3) is 0 Å². The first-order valence-corrected chi connectivity index (χ1v) is 9.24. The van der Waals surface area contributed by atoms with Crippen molar-refractivity contribution in [3.05, 3.63) is 40.9 Å². The summed E-state index contributed by atoms with van der Waals surface area (Å²) in [6.45, 7) is 3.98. The Bertz CT molecular complexity index is 839. The fourth-order valence-electron chi connectivity index (χ4n) is 2.05. The van der Waals surface area contributed by atoms with Crippen LogP contribution in [0.5, 0.6) is 0 Å². The Hall–Kier alpha value is -1.94. The zero-order valence-electron chi connectivity index (χ0n) is 13.4. The van der Waals surface area contributed by atoms with Crippen LogP contribution in [0.3, 0.4) is 0 Å². The number of hydrogen-bond acceptors (Lipinski definition) is 6. The minimum Gasteiger partial charge on any atom is -0.240 e. The Balaban J connectivity index is 1.69. The summed E-state index contributed by atoms with van der Waals surface area (Å²) in [5.74, 6) is 0.588. The van der Waals surface area contributed by atoms with Crippen molar-refractivity contribution in [2.45, 2.75) is 37.0 Å². The van der Waals surface area contributed by atoms with Gasteiger partial charge in [0.15, 0.2) is 0 Å². The number of benzene rings is 1. The van der Waals surface area contributed by atoms with E-state index in [1.165, 1.54) is 35.2 Å². The normalized spacial score (nSPS) is 12.1. The van der Waals surface area contributed by atoms with Gasteiger partial charge in [-0.1, -0.05) is 23.9 Å². The molecule has 0 spiro atoms. The van der Waals surface area contributed by atoms with Gasteiger partial charge in [0.05, 0.1) is 17.3 Å². The number of rotatable bonds is 5. The van der Waals surface area contributed by atoms with Gasteiger partial charge in [-0.2, -0.15) is 13.2 Å². The minimum atomic E-state index is -4.33. The highest BCUT2D eigenvalue weighted by molar-refractivity contribution is 7.98. The topological polar surface area (TPSA) is 56.5 Å². The van der Waals surface area contributed by atoms with Crippen molar-refractivity contribution < 1.29 is 13.2 Å². The largest absolute Gasteiger partial charge is 0.416 e. The third-order valence-electron chi connectivity index (χ3n) is 3.31. The second-order valence-electron chi connectivity index (χ2n) is 5.51. The van der Waals surface area contributed by atoms with E-state index in [1.54, 1.807) is 4.68 Å². The third kappa shape index (κ3) is 4.18. The molecule has 0 fully saturated rings. The van der Waals surface area contributed by atoms with Crippen molar-refractivity contribution in [1.29, 1.82) is 0 Å². The molecular formula is C15H14F3N5S2. The lowest BCUT2D eigenvalue weighted by atomic mass is 10.1. The average Bonchev–Trinajstić information content (AvgIpc) is 3.21. The van der Waals surface area contributed by atoms with Gasteiger partial charge in [-0.05, 0) is 36.4 Å². The van der Waals surface area contributed by atoms with E-state index in [0.29, 0.717) is 21.5 Å². The summed E-state index contributed by atoms with van der Waals surface area (Å²) in [4.78, 5) is 4.48. The molecule has 0 aliphatic carbocycles. The first-order valence-electron chi connectivity index (χ1n) is 7.37. The number of aromatic nitrogens is 5. The summed E-state index contributed by atoms with van der Waals surface area (Å²) in [6, 6.07) is 5.19. The fraction of sp³-hybridized carbons (Fsp3) is 0.333. The molecule has 10 heteroatoms. The fourth-order valence-corrected chi connectivity index (χ4v) is 3.88. The highest BCUT2D eigenvalue weighted by Crippen LogP contribution is 2.32. The molecule has 0 atom stereocenters. The molecule has 0 amide bonds. The van der Waals surface area contributed by atoms with Crippen molar-refractivity contribution in [3.8, 4) is 10.6 Å². The van der Waals surface area contributed by atoms with Gasteiger partial charge >= 0.3 is 6.18 Å². The number of hydrogen-bond donors (Lipinski definition) is 0. The van der Waals surface area contributed by atoms with E-state index in [0.717, 1.165) is 17.8 Å². The standard InChI is InChI=1S/C15H14F3N5S2/c1-9(2)23-14(20-21-22-23)25-8-12-7-24-13(19-12)10-3-5-11(6-4-10)15(16,17)18/h3-7,9H,8H2,1-2H3. The van der Waals surface area contributed by atoms with Crippen LogP contribution < -0.4 is 0 Å². The lowest BCUT2D eigenvalue weighted by Gasteiger charge is -2.06. The predicted molar refractivity (Wildman–Crippen MR) is 90.3 cm³/mol. The van der Waals surface area contributed by atoms with Crippen LogP contribution in [0.4, 0.5) is 13.2 Å². The lowest BCUT2D eigenvalue weighted by molar-refractivity contribution is -0.137. The number of halogens is 3. The van der Waals surface area contributed by atoms with E-state index in [-0.39, 0.29) is 6.04 Å². The molecule has 0 bridgehead atoms. The van der Waals surface area contributed by atoms with Gasteiger partial charge < -0.3 is 0 Å². The molecule has 0 aliphatic heterocycles. The SMILES string of the molecule is CC(C)n1nnnc1SCc1csc(-c2ccc(C(F)(F)F)cc2)n1.